The van der Waals surface area contributed by atoms with Crippen LogP contribution in [0.5, 0.6) is 17.2 Å². The predicted molar refractivity (Wildman–Crippen MR) is 107 cm³/mol. The van der Waals surface area contributed by atoms with Gasteiger partial charge in [-0.2, -0.15) is 4.98 Å². The van der Waals surface area contributed by atoms with Gasteiger partial charge in [-0.3, -0.25) is 0 Å². The minimum atomic E-state index is -0.528. The topological polar surface area (TPSA) is 92.9 Å². The maximum atomic E-state index is 12.0. The molecule has 0 saturated carbocycles. The number of hydrogen-bond donors (Lipinski definition) is 0. The maximum Gasteiger partial charge on any atom is 0.331 e. The predicted octanol–water partition coefficient (Wildman–Crippen LogP) is 3.66. The molecule has 0 fully saturated rings. The van der Waals surface area contributed by atoms with Crippen molar-refractivity contribution in [3.63, 3.8) is 0 Å². The van der Waals surface area contributed by atoms with Gasteiger partial charge in [-0.15, -0.1) is 0 Å². The molecule has 8 nitrogen and oxygen atoms in total. The van der Waals surface area contributed by atoms with E-state index in [0.29, 0.717) is 48.5 Å². The second-order valence-corrected chi connectivity index (χ2v) is 6.29. The molecule has 0 amide bonds. The average molecular weight is 408 g/mol. The van der Waals surface area contributed by atoms with Crippen molar-refractivity contribution in [2.24, 2.45) is 0 Å². The molecular formula is C22H20N2O6. The molecule has 0 aliphatic carbocycles. The van der Waals surface area contributed by atoms with E-state index in [9.17, 15) is 4.79 Å². The second kappa shape index (κ2) is 9.13. The highest BCUT2D eigenvalue weighted by Crippen LogP contribution is 2.31. The summed E-state index contributed by atoms with van der Waals surface area (Å²) in [6.45, 7) is 3.33. The fourth-order valence-corrected chi connectivity index (χ4v) is 2.86. The largest absolute Gasteiger partial charge is 0.493 e. The van der Waals surface area contributed by atoms with Gasteiger partial charge in [0, 0.05) is 6.08 Å². The van der Waals surface area contributed by atoms with Gasteiger partial charge in [-0.1, -0.05) is 23.4 Å². The van der Waals surface area contributed by atoms with E-state index < -0.39 is 5.97 Å². The van der Waals surface area contributed by atoms with Crippen LogP contribution in [0.3, 0.4) is 0 Å². The highest BCUT2D eigenvalue weighted by molar-refractivity contribution is 5.87. The Kier molecular flexibility index (Phi) is 5.93. The molecular weight excluding hydrogens is 388 g/mol. The quantitative estimate of drug-likeness (QED) is 0.432. The number of fused-ring (bicyclic) bond motifs is 1. The lowest BCUT2D eigenvalue weighted by atomic mass is 10.2. The van der Waals surface area contributed by atoms with E-state index in [-0.39, 0.29) is 12.5 Å². The summed E-state index contributed by atoms with van der Waals surface area (Å²) in [7, 11) is 0. The van der Waals surface area contributed by atoms with Crippen molar-refractivity contribution < 1.29 is 28.3 Å². The van der Waals surface area contributed by atoms with Crippen molar-refractivity contribution in [3.05, 3.63) is 60.0 Å². The van der Waals surface area contributed by atoms with Crippen molar-refractivity contribution in [2.45, 2.75) is 13.5 Å². The Labute approximate surface area is 173 Å². The highest BCUT2D eigenvalue weighted by atomic mass is 16.6. The molecule has 1 aliphatic heterocycles. The van der Waals surface area contributed by atoms with E-state index in [1.165, 1.54) is 6.08 Å². The zero-order valence-corrected chi connectivity index (χ0v) is 16.4. The van der Waals surface area contributed by atoms with E-state index in [4.69, 9.17) is 23.5 Å². The molecule has 4 rings (SSSR count). The van der Waals surface area contributed by atoms with Crippen LogP contribution >= 0.6 is 0 Å². The molecule has 30 heavy (non-hydrogen) atoms. The van der Waals surface area contributed by atoms with Crippen molar-refractivity contribution in [1.82, 2.24) is 10.1 Å². The number of rotatable bonds is 7. The maximum absolute atomic E-state index is 12.0. The first-order chi connectivity index (χ1) is 14.7. The van der Waals surface area contributed by atoms with Crippen LogP contribution in [-0.4, -0.2) is 35.9 Å². The molecule has 3 aromatic rings. The third-order valence-corrected chi connectivity index (χ3v) is 4.21. The third-order valence-electron chi connectivity index (χ3n) is 4.21. The van der Waals surface area contributed by atoms with E-state index in [1.54, 1.807) is 18.2 Å². The summed E-state index contributed by atoms with van der Waals surface area (Å²) in [6.07, 6.45) is 2.96. The molecule has 2 aromatic carbocycles. The minimum absolute atomic E-state index is 0.131. The number of aromatic nitrogens is 2. The second-order valence-electron chi connectivity index (χ2n) is 6.29. The molecule has 0 atom stereocenters. The van der Waals surface area contributed by atoms with Crippen molar-refractivity contribution >= 4 is 12.0 Å². The van der Waals surface area contributed by atoms with Gasteiger partial charge in [0.1, 0.15) is 19.0 Å². The molecule has 0 unspecified atom stereocenters. The zero-order valence-electron chi connectivity index (χ0n) is 16.4. The van der Waals surface area contributed by atoms with E-state index in [0.717, 1.165) is 5.56 Å². The summed E-state index contributed by atoms with van der Waals surface area (Å²) in [5.41, 5.74) is 1.50. The normalized spacial score (nSPS) is 12.7. The Balaban J connectivity index is 1.35. The van der Waals surface area contributed by atoms with Crippen LogP contribution in [0.4, 0.5) is 0 Å². The molecule has 0 spiro atoms. The third kappa shape index (κ3) is 4.60. The zero-order chi connectivity index (χ0) is 20.8. The van der Waals surface area contributed by atoms with Crippen LogP contribution in [0.25, 0.3) is 17.5 Å². The number of carbonyl (C=O) groups excluding carboxylic acids is 1. The van der Waals surface area contributed by atoms with Gasteiger partial charge in [0.15, 0.2) is 18.1 Å². The Morgan fingerprint density at radius 3 is 2.83 bits per heavy atom. The van der Waals surface area contributed by atoms with Crippen molar-refractivity contribution in [3.8, 4) is 28.6 Å². The highest BCUT2D eigenvalue weighted by Gasteiger charge is 2.14. The van der Waals surface area contributed by atoms with Gasteiger partial charge in [-0.05, 0) is 42.8 Å². The van der Waals surface area contributed by atoms with E-state index in [2.05, 4.69) is 10.1 Å². The summed E-state index contributed by atoms with van der Waals surface area (Å²) < 4.78 is 26.9. The lowest BCUT2D eigenvalue weighted by molar-refractivity contribution is -0.139. The molecule has 8 heteroatoms. The van der Waals surface area contributed by atoms with Gasteiger partial charge in [-0.25, -0.2) is 4.79 Å². The number of benzene rings is 2. The van der Waals surface area contributed by atoms with Crippen LogP contribution in [0, 0.1) is 0 Å². The Bertz CT molecular complexity index is 1060. The molecule has 1 aliphatic rings. The first-order valence-corrected chi connectivity index (χ1v) is 9.52. The molecule has 2 heterocycles. The van der Waals surface area contributed by atoms with E-state index in [1.807, 2.05) is 37.3 Å². The Morgan fingerprint density at radius 1 is 1.13 bits per heavy atom. The van der Waals surface area contributed by atoms with Crippen LogP contribution in [0.15, 0.2) is 53.1 Å². The number of hydrogen-bond acceptors (Lipinski definition) is 8. The molecule has 1 aromatic heterocycles. The number of ether oxygens (including phenoxy) is 4. The van der Waals surface area contributed by atoms with Gasteiger partial charge in [0.2, 0.25) is 5.82 Å². The molecule has 0 radical (unpaired) electrons. The summed E-state index contributed by atoms with van der Waals surface area (Å²) in [5, 5.41) is 3.94. The number of para-hydroxylation sites is 1. The minimum Gasteiger partial charge on any atom is -0.493 e. The number of carbonyl (C=O) groups is 1. The fourth-order valence-electron chi connectivity index (χ4n) is 2.86. The summed E-state index contributed by atoms with van der Waals surface area (Å²) in [6, 6.07) is 12.8. The lowest BCUT2D eigenvalue weighted by Gasteiger charge is -2.18. The first kappa shape index (κ1) is 19.5. The van der Waals surface area contributed by atoms with Crippen molar-refractivity contribution in [1.29, 1.82) is 0 Å². The molecule has 0 bridgehead atoms. The smallest absolute Gasteiger partial charge is 0.331 e. The van der Waals surface area contributed by atoms with Crippen molar-refractivity contribution in [2.75, 3.05) is 19.8 Å². The lowest BCUT2D eigenvalue weighted by Crippen LogP contribution is -2.15. The van der Waals surface area contributed by atoms with Crippen LogP contribution in [-0.2, 0) is 16.1 Å². The van der Waals surface area contributed by atoms with E-state index >= 15 is 0 Å². The summed E-state index contributed by atoms with van der Waals surface area (Å²) in [5.74, 6) is 2.04. The monoisotopic (exact) mass is 408 g/mol. The van der Waals surface area contributed by atoms with Crippen LogP contribution < -0.4 is 14.2 Å². The molecule has 0 N–H and O–H groups in total. The Morgan fingerprint density at radius 2 is 1.97 bits per heavy atom. The van der Waals surface area contributed by atoms with Gasteiger partial charge >= 0.3 is 5.97 Å². The number of esters is 1. The molecule has 0 saturated heterocycles. The summed E-state index contributed by atoms with van der Waals surface area (Å²) in [4.78, 5) is 16.3. The number of nitrogens with zero attached hydrogens (tertiary/aromatic N) is 2. The standard InChI is InChI=1S/C22H20N2O6/c1-2-26-17-6-4-3-5-16(17)22-23-20(30-24-22)14-29-21(25)10-8-15-7-9-18-19(13-15)28-12-11-27-18/h3-10,13H,2,11-12,14H2,1H3/b10-8+. The van der Waals surface area contributed by atoms with Gasteiger partial charge in [0.05, 0.1) is 12.2 Å². The SMILES string of the molecule is CCOc1ccccc1-c1noc(COC(=O)/C=C/c2ccc3c(c2)OCCO3)n1. The fraction of sp³-hybridized carbons (Fsp3) is 0.227. The summed E-state index contributed by atoms with van der Waals surface area (Å²) >= 11 is 0. The molecule has 154 valence electrons. The Hall–Kier alpha value is -3.81. The first-order valence-electron chi connectivity index (χ1n) is 9.52. The van der Waals surface area contributed by atoms with Gasteiger partial charge in [0.25, 0.3) is 5.89 Å². The van der Waals surface area contributed by atoms with Crippen LogP contribution in [0.2, 0.25) is 0 Å². The average Bonchev–Trinajstić information content (AvgIpc) is 3.25. The van der Waals surface area contributed by atoms with Crippen LogP contribution in [0.1, 0.15) is 18.4 Å². The van der Waals surface area contributed by atoms with Gasteiger partial charge < -0.3 is 23.5 Å².